The van der Waals surface area contributed by atoms with Gasteiger partial charge in [0.25, 0.3) is 0 Å². The normalized spacial score (nSPS) is 19.0. The van der Waals surface area contributed by atoms with Crippen molar-refractivity contribution in [2.75, 3.05) is 18.0 Å². The molecule has 4 nitrogen and oxygen atoms in total. The Kier molecular flexibility index (Phi) is 3.95. The summed E-state index contributed by atoms with van der Waals surface area (Å²) in [5.41, 5.74) is 0.106. The molecule has 0 aromatic carbocycles. The monoisotopic (exact) mass is 326 g/mol. The average molecular weight is 327 g/mol. The molecule has 2 aromatic heterocycles. The van der Waals surface area contributed by atoms with Crippen LogP contribution in [-0.4, -0.2) is 28.0 Å². The van der Waals surface area contributed by atoms with Gasteiger partial charge in [0, 0.05) is 19.3 Å². The molecule has 0 spiro atoms. The molecule has 110 valence electrons. The van der Waals surface area contributed by atoms with E-state index in [1.807, 2.05) is 0 Å². The van der Waals surface area contributed by atoms with Gasteiger partial charge < -0.3 is 4.90 Å². The Morgan fingerprint density at radius 1 is 1.33 bits per heavy atom. The largest absolute Gasteiger partial charge is 0.355 e. The minimum absolute atomic E-state index is 0.00326. The minimum Gasteiger partial charge on any atom is -0.355 e. The van der Waals surface area contributed by atoms with Crippen molar-refractivity contribution in [3.05, 3.63) is 34.6 Å². The average Bonchev–Trinajstić information content (AvgIpc) is 2.67. The SMILES string of the molecule is CC1C=CCCN(c2nc(Cl)nc3c(F)c(Cl)ncc23)C1. The summed E-state index contributed by atoms with van der Waals surface area (Å²) in [6, 6.07) is 0. The van der Waals surface area contributed by atoms with Crippen LogP contribution in [0, 0.1) is 11.7 Å². The van der Waals surface area contributed by atoms with Crippen LogP contribution in [0.1, 0.15) is 13.3 Å². The fourth-order valence-electron chi connectivity index (χ4n) is 2.48. The van der Waals surface area contributed by atoms with Crippen molar-refractivity contribution < 1.29 is 4.39 Å². The zero-order valence-corrected chi connectivity index (χ0v) is 12.9. The molecule has 3 rings (SSSR count). The van der Waals surface area contributed by atoms with E-state index in [0.717, 1.165) is 19.5 Å². The van der Waals surface area contributed by atoms with Gasteiger partial charge in [0.2, 0.25) is 5.28 Å². The first-order valence-corrected chi connectivity index (χ1v) is 7.40. The van der Waals surface area contributed by atoms with Crippen LogP contribution in [0.2, 0.25) is 10.4 Å². The van der Waals surface area contributed by atoms with Crippen LogP contribution < -0.4 is 4.90 Å². The molecule has 21 heavy (non-hydrogen) atoms. The van der Waals surface area contributed by atoms with E-state index in [4.69, 9.17) is 23.2 Å². The van der Waals surface area contributed by atoms with Gasteiger partial charge >= 0.3 is 0 Å². The predicted molar refractivity (Wildman–Crippen MR) is 82.4 cm³/mol. The van der Waals surface area contributed by atoms with Gasteiger partial charge in [-0.15, -0.1) is 0 Å². The van der Waals surface area contributed by atoms with E-state index < -0.39 is 5.82 Å². The van der Waals surface area contributed by atoms with Crippen LogP contribution in [0.25, 0.3) is 10.9 Å². The van der Waals surface area contributed by atoms with Gasteiger partial charge in [-0.25, -0.2) is 14.4 Å². The molecule has 7 heteroatoms. The highest BCUT2D eigenvalue weighted by Gasteiger charge is 2.20. The predicted octanol–water partition coefficient (Wildman–Crippen LogP) is 3.87. The van der Waals surface area contributed by atoms with Crippen LogP contribution >= 0.6 is 23.2 Å². The van der Waals surface area contributed by atoms with Crippen LogP contribution in [0.4, 0.5) is 10.2 Å². The number of anilines is 1. The number of rotatable bonds is 1. The number of halogens is 3. The molecule has 1 aliphatic heterocycles. The Balaban J connectivity index is 2.16. The Morgan fingerprint density at radius 3 is 2.95 bits per heavy atom. The molecule has 0 fully saturated rings. The van der Waals surface area contributed by atoms with Gasteiger partial charge in [-0.05, 0) is 23.9 Å². The van der Waals surface area contributed by atoms with E-state index in [0.29, 0.717) is 17.1 Å². The number of pyridine rings is 1. The van der Waals surface area contributed by atoms with Crippen molar-refractivity contribution >= 4 is 39.9 Å². The van der Waals surface area contributed by atoms with E-state index >= 15 is 0 Å². The van der Waals surface area contributed by atoms with E-state index in [-0.39, 0.29) is 16.0 Å². The van der Waals surface area contributed by atoms with Gasteiger partial charge in [-0.1, -0.05) is 30.7 Å². The third-order valence-electron chi connectivity index (χ3n) is 3.43. The van der Waals surface area contributed by atoms with E-state index in [2.05, 4.69) is 38.9 Å². The first-order valence-electron chi connectivity index (χ1n) is 6.65. The Hall–Kier alpha value is -1.46. The van der Waals surface area contributed by atoms with Crippen LogP contribution in [0.15, 0.2) is 18.3 Å². The molecule has 2 aromatic rings. The maximum Gasteiger partial charge on any atom is 0.225 e. The molecule has 0 aliphatic carbocycles. The van der Waals surface area contributed by atoms with Crippen LogP contribution in [0.3, 0.4) is 0 Å². The Labute approximate surface area is 131 Å². The van der Waals surface area contributed by atoms with E-state index in [1.165, 1.54) is 6.20 Å². The van der Waals surface area contributed by atoms with Crippen LogP contribution in [-0.2, 0) is 0 Å². The smallest absolute Gasteiger partial charge is 0.225 e. The molecular weight excluding hydrogens is 314 g/mol. The summed E-state index contributed by atoms with van der Waals surface area (Å²) >= 11 is 11.7. The number of hydrogen-bond acceptors (Lipinski definition) is 4. The summed E-state index contributed by atoms with van der Waals surface area (Å²) in [5.74, 6) is 0.311. The number of nitrogens with zero attached hydrogens (tertiary/aromatic N) is 4. The lowest BCUT2D eigenvalue weighted by atomic mass is 10.1. The van der Waals surface area contributed by atoms with Crippen molar-refractivity contribution in [3.8, 4) is 0 Å². The van der Waals surface area contributed by atoms with Gasteiger partial charge in [-0.2, -0.15) is 4.98 Å². The topological polar surface area (TPSA) is 41.9 Å². The van der Waals surface area contributed by atoms with Crippen molar-refractivity contribution in [2.45, 2.75) is 13.3 Å². The molecule has 0 saturated heterocycles. The van der Waals surface area contributed by atoms with Crippen molar-refractivity contribution in [1.82, 2.24) is 15.0 Å². The molecule has 1 unspecified atom stereocenters. The molecule has 1 aliphatic rings. The fraction of sp³-hybridized carbons (Fsp3) is 0.357. The second-order valence-corrected chi connectivity index (χ2v) is 5.78. The summed E-state index contributed by atoms with van der Waals surface area (Å²) < 4.78 is 14.1. The highest BCUT2D eigenvalue weighted by Crippen LogP contribution is 2.30. The standard InChI is InChI=1S/C14H13Cl2FN4/c1-8-4-2-3-5-21(7-8)13-9-6-18-12(15)10(17)11(9)19-14(16)20-13/h2,4,6,8H,3,5,7H2,1H3. The van der Waals surface area contributed by atoms with Gasteiger partial charge in [0.1, 0.15) is 11.3 Å². The first-order chi connectivity index (χ1) is 10.1. The first kappa shape index (κ1) is 14.5. The van der Waals surface area contributed by atoms with Gasteiger partial charge in [0.05, 0.1) is 5.39 Å². The Bertz CT molecular complexity index is 720. The summed E-state index contributed by atoms with van der Waals surface area (Å²) in [6.07, 6.45) is 6.71. The number of hydrogen-bond donors (Lipinski definition) is 0. The lowest BCUT2D eigenvalue weighted by Gasteiger charge is -2.25. The second-order valence-electron chi connectivity index (χ2n) is 5.08. The summed E-state index contributed by atoms with van der Waals surface area (Å²) in [5, 5.41) is 0.313. The summed E-state index contributed by atoms with van der Waals surface area (Å²) in [7, 11) is 0. The molecule has 0 amide bonds. The van der Waals surface area contributed by atoms with Gasteiger partial charge in [-0.3, -0.25) is 0 Å². The third kappa shape index (κ3) is 2.80. The molecule has 0 N–H and O–H groups in total. The lowest BCUT2D eigenvalue weighted by molar-refractivity contribution is 0.630. The fourth-order valence-corrected chi connectivity index (χ4v) is 2.79. The molecule has 3 heterocycles. The maximum absolute atomic E-state index is 14.1. The summed E-state index contributed by atoms with van der Waals surface area (Å²) in [4.78, 5) is 14.2. The van der Waals surface area contributed by atoms with E-state index in [9.17, 15) is 4.39 Å². The van der Waals surface area contributed by atoms with Crippen LogP contribution in [0.5, 0.6) is 0 Å². The summed E-state index contributed by atoms with van der Waals surface area (Å²) in [6.45, 7) is 3.69. The van der Waals surface area contributed by atoms with Crippen molar-refractivity contribution in [3.63, 3.8) is 0 Å². The third-order valence-corrected chi connectivity index (χ3v) is 3.87. The Morgan fingerprint density at radius 2 is 2.14 bits per heavy atom. The highest BCUT2D eigenvalue weighted by molar-refractivity contribution is 6.30. The number of fused-ring (bicyclic) bond motifs is 1. The number of aromatic nitrogens is 3. The van der Waals surface area contributed by atoms with Gasteiger partial charge in [0.15, 0.2) is 11.0 Å². The molecule has 1 atom stereocenters. The molecule has 0 bridgehead atoms. The highest BCUT2D eigenvalue weighted by atomic mass is 35.5. The lowest BCUT2D eigenvalue weighted by Crippen LogP contribution is -2.28. The minimum atomic E-state index is -0.666. The second kappa shape index (κ2) is 5.73. The zero-order chi connectivity index (χ0) is 15.0. The molecule has 0 saturated carbocycles. The molecule has 0 radical (unpaired) electrons. The molecular formula is C14H13Cl2FN4. The maximum atomic E-state index is 14.1. The van der Waals surface area contributed by atoms with Crippen molar-refractivity contribution in [1.29, 1.82) is 0 Å². The quantitative estimate of drug-likeness (QED) is 0.453. The zero-order valence-electron chi connectivity index (χ0n) is 11.4. The van der Waals surface area contributed by atoms with E-state index in [1.54, 1.807) is 0 Å². The van der Waals surface area contributed by atoms with Crippen molar-refractivity contribution in [2.24, 2.45) is 5.92 Å².